The van der Waals surface area contributed by atoms with E-state index in [1.54, 1.807) is 11.3 Å². The predicted octanol–water partition coefficient (Wildman–Crippen LogP) is 5.11. The molecule has 1 aromatic rings. The third-order valence-corrected chi connectivity index (χ3v) is 11.3. The molecule has 0 aromatic carbocycles. The Labute approximate surface area is 170 Å². The number of rotatable bonds is 5. The molecule has 0 spiro atoms. The molecule has 1 aromatic heterocycles. The van der Waals surface area contributed by atoms with Gasteiger partial charge in [0.15, 0.2) is 8.32 Å². The molecule has 156 valence electrons. The first-order valence-electron chi connectivity index (χ1n) is 10.7. The van der Waals surface area contributed by atoms with Crippen LogP contribution in [0.15, 0.2) is 24.4 Å². The van der Waals surface area contributed by atoms with Crippen molar-refractivity contribution in [2.75, 3.05) is 13.2 Å². The molecular weight excluding hydrogens is 368 g/mol. The SMILES string of the molecule is CC(C)(C)[Si](C)(C)OC[C@H]1CC[C@H](C(=O)N2OCC[C@H]2c2ccccn2)CC1. The fraction of sp³-hybridized carbons (Fsp3) is 0.727. The summed E-state index contributed by atoms with van der Waals surface area (Å²) in [5.41, 5.74) is 0.921. The van der Waals surface area contributed by atoms with Crippen LogP contribution in [0.5, 0.6) is 0 Å². The summed E-state index contributed by atoms with van der Waals surface area (Å²) in [6.45, 7) is 12.9. The largest absolute Gasteiger partial charge is 0.417 e. The highest BCUT2D eigenvalue weighted by atomic mass is 28.4. The highest BCUT2D eigenvalue weighted by molar-refractivity contribution is 6.74. The van der Waals surface area contributed by atoms with Gasteiger partial charge >= 0.3 is 0 Å². The molecule has 28 heavy (non-hydrogen) atoms. The maximum Gasteiger partial charge on any atom is 0.249 e. The normalized spacial score (nSPS) is 26.5. The highest BCUT2D eigenvalue weighted by Gasteiger charge is 2.40. The molecule has 1 saturated carbocycles. The molecular formula is C22H36N2O3Si. The molecule has 0 N–H and O–H groups in total. The van der Waals surface area contributed by atoms with Crippen LogP contribution in [0, 0.1) is 11.8 Å². The van der Waals surface area contributed by atoms with Crippen molar-refractivity contribution in [3.63, 3.8) is 0 Å². The molecule has 0 unspecified atom stereocenters. The van der Waals surface area contributed by atoms with Gasteiger partial charge in [-0.1, -0.05) is 26.8 Å². The topological polar surface area (TPSA) is 51.7 Å². The molecule has 1 atom stereocenters. The van der Waals surface area contributed by atoms with Crippen LogP contribution in [0.2, 0.25) is 18.1 Å². The van der Waals surface area contributed by atoms with Crippen LogP contribution in [0.3, 0.4) is 0 Å². The molecule has 1 amide bonds. The number of carbonyl (C=O) groups is 1. The van der Waals surface area contributed by atoms with E-state index in [9.17, 15) is 4.79 Å². The number of amides is 1. The van der Waals surface area contributed by atoms with E-state index in [2.05, 4.69) is 38.8 Å². The van der Waals surface area contributed by atoms with Gasteiger partial charge in [-0.25, -0.2) is 5.06 Å². The van der Waals surface area contributed by atoms with Gasteiger partial charge in [0.1, 0.15) is 6.04 Å². The fourth-order valence-corrected chi connectivity index (χ4v) is 4.91. The monoisotopic (exact) mass is 404 g/mol. The summed E-state index contributed by atoms with van der Waals surface area (Å²) in [4.78, 5) is 23.2. The number of nitrogens with zero attached hydrogens (tertiary/aromatic N) is 2. The summed E-state index contributed by atoms with van der Waals surface area (Å²) in [5, 5.41) is 1.85. The standard InChI is InChI=1S/C22H36N2O3Si/c1-22(2,3)28(4,5)27-16-17-9-11-18(12-10-17)21(25)24-20(13-15-26-24)19-8-6-7-14-23-19/h6-8,14,17-18,20H,9-13,15-16H2,1-5H3/t17-,18-,20-/m0/s1. The van der Waals surface area contributed by atoms with Crippen molar-refractivity contribution in [1.29, 1.82) is 0 Å². The molecule has 3 rings (SSSR count). The molecule has 6 heteroatoms. The first kappa shape index (κ1) is 21.5. The Kier molecular flexibility index (Phi) is 6.62. The van der Waals surface area contributed by atoms with E-state index < -0.39 is 8.32 Å². The maximum atomic E-state index is 13.1. The van der Waals surface area contributed by atoms with Gasteiger partial charge in [0.05, 0.1) is 12.3 Å². The van der Waals surface area contributed by atoms with Crippen LogP contribution in [0.4, 0.5) is 0 Å². The maximum absolute atomic E-state index is 13.1. The van der Waals surface area contributed by atoms with Crippen molar-refractivity contribution in [2.45, 2.75) is 77.0 Å². The zero-order valence-electron chi connectivity index (χ0n) is 18.1. The molecule has 2 heterocycles. The Balaban J connectivity index is 1.51. The third-order valence-electron chi connectivity index (χ3n) is 6.83. The predicted molar refractivity (Wildman–Crippen MR) is 113 cm³/mol. The molecule has 0 radical (unpaired) electrons. The van der Waals surface area contributed by atoms with Crippen LogP contribution < -0.4 is 0 Å². The first-order valence-corrected chi connectivity index (χ1v) is 13.6. The van der Waals surface area contributed by atoms with Gasteiger partial charge in [-0.3, -0.25) is 14.6 Å². The van der Waals surface area contributed by atoms with Gasteiger partial charge in [0.25, 0.3) is 0 Å². The number of aromatic nitrogens is 1. The zero-order chi connectivity index (χ0) is 20.4. The van der Waals surface area contributed by atoms with Crippen molar-refractivity contribution in [3.8, 4) is 0 Å². The lowest BCUT2D eigenvalue weighted by atomic mass is 9.82. The molecule has 1 aliphatic carbocycles. The van der Waals surface area contributed by atoms with E-state index in [1.807, 2.05) is 18.2 Å². The Morgan fingerprint density at radius 3 is 2.54 bits per heavy atom. The Morgan fingerprint density at radius 2 is 1.93 bits per heavy atom. The van der Waals surface area contributed by atoms with E-state index in [-0.39, 0.29) is 22.9 Å². The van der Waals surface area contributed by atoms with Crippen LogP contribution >= 0.6 is 0 Å². The summed E-state index contributed by atoms with van der Waals surface area (Å²) in [6.07, 6.45) is 6.58. The molecule has 1 aliphatic heterocycles. The van der Waals surface area contributed by atoms with E-state index in [0.717, 1.165) is 44.4 Å². The summed E-state index contributed by atoms with van der Waals surface area (Å²) in [7, 11) is -1.70. The Morgan fingerprint density at radius 1 is 1.21 bits per heavy atom. The Bertz CT molecular complexity index is 651. The van der Waals surface area contributed by atoms with Crippen LogP contribution in [0.25, 0.3) is 0 Å². The van der Waals surface area contributed by atoms with Crippen LogP contribution in [0.1, 0.15) is 64.6 Å². The summed E-state index contributed by atoms with van der Waals surface area (Å²) >= 11 is 0. The van der Waals surface area contributed by atoms with Gasteiger partial charge < -0.3 is 4.43 Å². The average Bonchev–Trinajstić information content (AvgIpc) is 3.16. The minimum atomic E-state index is -1.70. The fourth-order valence-electron chi connectivity index (χ4n) is 3.83. The van der Waals surface area contributed by atoms with Crippen molar-refractivity contribution in [1.82, 2.24) is 10.0 Å². The summed E-state index contributed by atoms with van der Waals surface area (Å²) in [5.74, 6) is 0.773. The van der Waals surface area contributed by atoms with E-state index in [1.165, 1.54) is 0 Å². The Hall–Kier alpha value is -1.24. The first-order chi connectivity index (χ1) is 13.2. The van der Waals surface area contributed by atoms with Crippen molar-refractivity contribution in [3.05, 3.63) is 30.1 Å². The quantitative estimate of drug-likeness (QED) is 0.640. The lowest BCUT2D eigenvalue weighted by Gasteiger charge is -2.38. The van der Waals surface area contributed by atoms with E-state index >= 15 is 0 Å². The second-order valence-electron chi connectivity index (χ2n) is 9.85. The smallest absolute Gasteiger partial charge is 0.249 e. The van der Waals surface area contributed by atoms with E-state index in [0.29, 0.717) is 12.5 Å². The molecule has 5 nitrogen and oxygen atoms in total. The molecule has 1 saturated heterocycles. The second-order valence-corrected chi connectivity index (χ2v) is 14.7. The minimum absolute atomic E-state index is 0.0478. The molecule has 0 bridgehead atoms. The van der Waals surface area contributed by atoms with E-state index in [4.69, 9.17) is 9.26 Å². The summed E-state index contributed by atoms with van der Waals surface area (Å²) in [6, 6.07) is 5.80. The van der Waals surface area contributed by atoms with Crippen molar-refractivity contribution >= 4 is 14.2 Å². The average molecular weight is 405 g/mol. The van der Waals surface area contributed by atoms with Gasteiger partial charge in [0.2, 0.25) is 5.91 Å². The minimum Gasteiger partial charge on any atom is -0.417 e. The molecule has 2 fully saturated rings. The number of hydrogen-bond acceptors (Lipinski definition) is 4. The van der Waals surface area contributed by atoms with Gasteiger partial charge in [-0.05, 0) is 61.9 Å². The lowest BCUT2D eigenvalue weighted by Crippen LogP contribution is -2.42. The van der Waals surface area contributed by atoms with Crippen molar-refractivity contribution < 1.29 is 14.1 Å². The highest BCUT2D eigenvalue weighted by Crippen LogP contribution is 2.39. The number of pyridine rings is 1. The zero-order valence-corrected chi connectivity index (χ0v) is 19.1. The van der Waals surface area contributed by atoms with Gasteiger partial charge in [-0.2, -0.15) is 0 Å². The number of hydrogen-bond donors (Lipinski definition) is 0. The van der Waals surface area contributed by atoms with Gasteiger partial charge in [-0.15, -0.1) is 0 Å². The van der Waals surface area contributed by atoms with Gasteiger partial charge in [0, 0.05) is 25.1 Å². The third kappa shape index (κ3) is 4.84. The molecule has 2 aliphatic rings. The summed E-state index contributed by atoms with van der Waals surface area (Å²) < 4.78 is 6.41. The lowest BCUT2D eigenvalue weighted by molar-refractivity contribution is -0.183. The van der Waals surface area contributed by atoms with Crippen molar-refractivity contribution in [2.24, 2.45) is 11.8 Å². The number of hydroxylamine groups is 2. The number of carbonyl (C=O) groups excluding carboxylic acids is 1. The van der Waals surface area contributed by atoms with Crippen LogP contribution in [-0.2, 0) is 14.1 Å². The second kappa shape index (κ2) is 8.64. The van der Waals surface area contributed by atoms with Crippen LogP contribution in [-0.4, -0.2) is 37.5 Å².